The van der Waals surface area contributed by atoms with Gasteiger partial charge in [-0.1, -0.05) is 48.5 Å². The number of hydrogen-bond donors (Lipinski definition) is 1. The maximum Gasteiger partial charge on any atom is 0.294 e. The molecule has 0 radical (unpaired) electrons. The van der Waals surface area contributed by atoms with Crippen molar-refractivity contribution in [2.24, 2.45) is 0 Å². The van der Waals surface area contributed by atoms with Gasteiger partial charge in [0.1, 0.15) is 6.54 Å². The van der Waals surface area contributed by atoms with Crippen molar-refractivity contribution in [1.29, 1.82) is 0 Å². The zero-order valence-electron chi connectivity index (χ0n) is 20.3. The SMILES string of the molecule is CC(=O)N(Cc1ccccc1C)c1nc2ccccc2n(CC(=O)Nc2cc(C)ccc2C)c1=O. The van der Waals surface area contributed by atoms with Gasteiger partial charge in [-0.15, -0.1) is 0 Å². The molecule has 1 aromatic heterocycles. The van der Waals surface area contributed by atoms with Gasteiger partial charge in [-0.25, -0.2) is 4.98 Å². The van der Waals surface area contributed by atoms with Gasteiger partial charge in [0.25, 0.3) is 5.56 Å². The average molecular weight is 469 g/mol. The molecule has 178 valence electrons. The van der Waals surface area contributed by atoms with Crippen molar-refractivity contribution >= 4 is 34.4 Å². The summed E-state index contributed by atoms with van der Waals surface area (Å²) in [6.45, 7) is 7.23. The van der Waals surface area contributed by atoms with Gasteiger partial charge in [-0.3, -0.25) is 23.9 Å². The van der Waals surface area contributed by atoms with E-state index in [9.17, 15) is 14.4 Å². The quantitative estimate of drug-likeness (QED) is 0.451. The molecule has 4 aromatic rings. The molecule has 7 nitrogen and oxygen atoms in total. The second-order valence-electron chi connectivity index (χ2n) is 8.71. The molecular weight excluding hydrogens is 440 g/mol. The van der Waals surface area contributed by atoms with Crippen LogP contribution in [0.25, 0.3) is 11.0 Å². The standard InChI is InChI=1S/C28H28N4O3/c1-18-13-14-20(3)24(15-18)29-26(34)17-32-25-12-8-7-11-23(25)30-27(28(32)35)31(21(4)33)16-22-10-6-5-9-19(22)2/h5-15H,16-17H2,1-4H3,(H,29,34). The van der Waals surface area contributed by atoms with Crippen molar-refractivity contribution in [1.82, 2.24) is 9.55 Å². The zero-order valence-corrected chi connectivity index (χ0v) is 20.3. The first-order valence-electron chi connectivity index (χ1n) is 11.4. The summed E-state index contributed by atoms with van der Waals surface area (Å²) in [5.41, 5.74) is 5.12. The maximum atomic E-state index is 13.6. The molecule has 0 atom stereocenters. The molecule has 0 unspecified atom stereocenters. The summed E-state index contributed by atoms with van der Waals surface area (Å²) in [4.78, 5) is 45.2. The Morgan fingerprint density at radius 3 is 2.40 bits per heavy atom. The molecule has 0 aliphatic rings. The van der Waals surface area contributed by atoms with Gasteiger partial charge < -0.3 is 5.32 Å². The minimum atomic E-state index is -0.497. The highest BCUT2D eigenvalue weighted by molar-refractivity contribution is 5.94. The lowest BCUT2D eigenvalue weighted by molar-refractivity contribution is -0.117. The molecule has 0 aliphatic carbocycles. The first-order valence-corrected chi connectivity index (χ1v) is 11.4. The fraction of sp³-hybridized carbons (Fsp3) is 0.214. The van der Waals surface area contributed by atoms with Gasteiger partial charge in [0.2, 0.25) is 17.6 Å². The number of carbonyl (C=O) groups is 2. The number of amides is 2. The number of aromatic nitrogens is 2. The summed E-state index contributed by atoms with van der Waals surface area (Å²) >= 11 is 0. The zero-order chi connectivity index (χ0) is 25.1. The average Bonchev–Trinajstić information content (AvgIpc) is 2.82. The third-order valence-electron chi connectivity index (χ3n) is 6.03. The summed E-state index contributed by atoms with van der Waals surface area (Å²) in [6, 6.07) is 20.6. The van der Waals surface area contributed by atoms with E-state index in [1.54, 1.807) is 18.2 Å². The van der Waals surface area contributed by atoms with Crippen LogP contribution >= 0.6 is 0 Å². The Kier molecular flexibility index (Phi) is 6.78. The molecule has 0 fully saturated rings. The lowest BCUT2D eigenvalue weighted by Gasteiger charge is -2.22. The Morgan fingerprint density at radius 2 is 1.66 bits per heavy atom. The molecular formula is C28H28N4O3. The van der Waals surface area contributed by atoms with Crippen LogP contribution in [0.5, 0.6) is 0 Å². The fourth-order valence-electron chi connectivity index (χ4n) is 4.01. The normalized spacial score (nSPS) is 10.9. The van der Waals surface area contributed by atoms with E-state index >= 15 is 0 Å². The lowest BCUT2D eigenvalue weighted by atomic mass is 10.1. The van der Waals surface area contributed by atoms with Crippen LogP contribution in [0.4, 0.5) is 11.5 Å². The number of aryl methyl sites for hydroxylation is 3. The molecule has 0 aliphatic heterocycles. The first kappa shape index (κ1) is 23.9. The van der Waals surface area contributed by atoms with Gasteiger partial charge in [0.15, 0.2) is 0 Å². The summed E-state index contributed by atoms with van der Waals surface area (Å²) < 4.78 is 1.38. The number of fused-ring (bicyclic) bond motifs is 1. The molecule has 1 N–H and O–H groups in total. The molecule has 3 aromatic carbocycles. The lowest BCUT2D eigenvalue weighted by Crippen LogP contribution is -2.38. The fourth-order valence-corrected chi connectivity index (χ4v) is 4.01. The second kappa shape index (κ2) is 9.93. The Hall–Kier alpha value is -4.26. The Bertz CT molecular complexity index is 1490. The molecule has 0 spiro atoms. The summed E-state index contributed by atoms with van der Waals surface area (Å²) in [5, 5.41) is 2.91. The molecule has 35 heavy (non-hydrogen) atoms. The molecule has 4 rings (SSSR count). The highest BCUT2D eigenvalue weighted by Crippen LogP contribution is 2.20. The van der Waals surface area contributed by atoms with E-state index < -0.39 is 5.56 Å². The Balaban J connectivity index is 1.76. The van der Waals surface area contributed by atoms with Crippen molar-refractivity contribution in [3.63, 3.8) is 0 Å². The number of para-hydroxylation sites is 2. The predicted molar refractivity (Wildman–Crippen MR) is 139 cm³/mol. The molecule has 0 bridgehead atoms. The highest BCUT2D eigenvalue weighted by Gasteiger charge is 2.22. The molecule has 7 heteroatoms. The third kappa shape index (κ3) is 5.14. The van der Waals surface area contributed by atoms with Crippen LogP contribution in [0, 0.1) is 20.8 Å². The predicted octanol–water partition coefficient (Wildman–Crippen LogP) is 4.51. The van der Waals surface area contributed by atoms with E-state index in [4.69, 9.17) is 0 Å². The van der Waals surface area contributed by atoms with Gasteiger partial charge in [-0.05, 0) is 61.2 Å². The smallest absolute Gasteiger partial charge is 0.294 e. The van der Waals surface area contributed by atoms with Crippen LogP contribution in [0.2, 0.25) is 0 Å². The van der Waals surface area contributed by atoms with Crippen LogP contribution in [-0.2, 0) is 22.7 Å². The first-order chi connectivity index (χ1) is 16.7. The van der Waals surface area contributed by atoms with Gasteiger partial charge in [0, 0.05) is 12.6 Å². The van der Waals surface area contributed by atoms with Crippen LogP contribution in [0.15, 0.2) is 71.5 Å². The maximum absolute atomic E-state index is 13.6. The van der Waals surface area contributed by atoms with Gasteiger partial charge in [0.05, 0.1) is 17.6 Å². The number of hydrogen-bond acceptors (Lipinski definition) is 4. The van der Waals surface area contributed by atoms with E-state index in [0.717, 1.165) is 22.3 Å². The number of nitrogens with one attached hydrogen (secondary N) is 1. The number of anilines is 2. The van der Waals surface area contributed by atoms with Crippen molar-refractivity contribution in [3.8, 4) is 0 Å². The topological polar surface area (TPSA) is 84.3 Å². The molecule has 0 saturated carbocycles. The van der Waals surface area contributed by atoms with Crippen LogP contribution in [0.3, 0.4) is 0 Å². The Morgan fingerprint density at radius 1 is 0.943 bits per heavy atom. The van der Waals surface area contributed by atoms with Crippen molar-refractivity contribution in [2.45, 2.75) is 40.8 Å². The minimum absolute atomic E-state index is 0.000936. The van der Waals surface area contributed by atoms with Crippen LogP contribution in [-0.4, -0.2) is 21.4 Å². The second-order valence-corrected chi connectivity index (χ2v) is 8.71. The molecule has 0 saturated heterocycles. The molecule has 2 amide bonds. The van der Waals surface area contributed by atoms with Crippen LogP contribution in [0.1, 0.15) is 29.2 Å². The van der Waals surface area contributed by atoms with E-state index in [1.807, 2.05) is 69.3 Å². The van der Waals surface area contributed by atoms with E-state index in [1.165, 1.54) is 16.4 Å². The Labute approximate surface area is 204 Å². The van der Waals surface area contributed by atoms with Crippen LogP contribution < -0.4 is 15.8 Å². The van der Waals surface area contributed by atoms with Gasteiger partial charge in [-0.2, -0.15) is 0 Å². The minimum Gasteiger partial charge on any atom is -0.324 e. The number of nitrogens with zero attached hydrogens (tertiary/aromatic N) is 3. The molecule has 1 heterocycles. The third-order valence-corrected chi connectivity index (χ3v) is 6.03. The number of benzene rings is 3. The number of rotatable bonds is 6. The largest absolute Gasteiger partial charge is 0.324 e. The van der Waals surface area contributed by atoms with Crippen molar-refractivity contribution < 1.29 is 9.59 Å². The van der Waals surface area contributed by atoms with E-state index in [0.29, 0.717) is 16.7 Å². The summed E-state index contributed by atoms with van der Waals surface area (Å²) in [6.07, 6.45) is 0. The van der Waals surface area contributed by atoms with Crippen molar-refractivity contribution in [2.75, 3.05) is 10.2 Å². The summed E-state index contributed by atoms with van der Waals surface area (Å²) in [5.74, 6) is -0.644. The summed E-state index contributed by atoms with van der Waals surface area (Å²) in [7, 11) is 0. The highest BCUT2D eigenvalue weighted by atomic mass is 16.2. The van der Waals surface area contributed by atoms with E-state index in [-0.39, 0.29) is 30.7 Å². The van der Waals surface area contributed by atoms with E-state index in [2.05, 4.69) is 10.3 Å². The monoisotopic (exact) mass is 468 g/mol. The van der Waals surface area contributed by atoms with Crippen molar-refractivity contribution in [3.05, 3.63) is 99.3 Å². The van der Waals surface area contributed by atoms with Gasteiger partial charge >= 0.3 is 0 Å². The number of carbonyl (C=O) groups excluding carboxylic acids is 2.